The monoisotopic (exact) mass is 188 g/mol. The molecule has 0 radical (unpaired) electrons. The van der Waals surface area contributed by atoms with Crippen molar-refractivity contribution in [3.8, 4) is 12.1 Å². The summed E-state index contributed by atoms with van der Waals surface area (Å²) in [7, 11) is 0. The maximum absolute atomic E-state index is 13.1. The molecular formula is C11H9FN2. The predicted molar refractivity (Wildman–Crippen MR) is 49.8 cm³/mol. The first-order valence-corrected chi connectivity index (χ1v) is 4.21. The van der Waals surface area contributed by atoms with Gasteiger partial charge in [-0.2, -0.15) is 10.5 Å². The smallest absolute Gasteiger partial charge is 0.126 e. The lowest BCUT2D eigenvalue weighted by molar-refractivity contribution is 0.616. The van der Waals surface area contributed by atoms with E-state index in [9.17, 15) is 4.39 Å². The number of nitrogens with zero attached hydrogens (tertiary/aromatic N) is 2. The zero-order valence-corrected chi connectivity index (χ0v) is 7.84. The third-order valence-electron chi connectivity index (χ3n) is 2.02. The molecule has 70 valence electrons. The van der Waals surface area contributed by atoms with Crippen LogP contribution in [0.2, 0.25) is 0 Å². The second-order valence-electron chi connectivity index (χ2n) is 3.04. The molecule has 0 aliphatic rings. The molecule has 0 fully saturated rings. The summed E-state index contributed by atoms with van der Waals surface area (Å²) < 4.78 is 13.1. The molecular weight excluding hydrogens is 179 g/mol. The lowest BCUT2D eigenvalue weighted by atomic mass is 10.00. The molecule has 0 heterocycles. The number of nitriles is 2. The molecule has 0 bridgehead atoms. The van der Waals surface area contributed by atoms with Crippen LogP contribution in [0.15, 0.2) is 12.1 Å². The Bertz CT molecular complexity index is 383. The Morgan fingerprint density at radius 2 is 1.64 bits per heavy atom. The molecule has 0 unspecified atom stereocenters. The minimum absolute atomic E-state index is 0.147. The fourth-order valence-corrected chi connectivity index (χ4v) is 1.28. The molecule has 1 aromatic carbocycles. The van der Waals surface area contributed by atoms with E-state index in [2.05, 4.69) is 0 Å². The minimum Gasteiger partial charge on any atom is -0.207 e. The summed E-state index contributed by atoms with van der Waals surface area (Å²) in [5, 5.41) is 17.1. The van der Waals surface area contributed by atoms with Gasteiger partial charge in [-0.05, 0) is 29.7 Å². The van der Waals surface area contributed by atoms with Crippen molar-refractivity contribution in [1.29, 1.82) is 10.5 Å². The van der Waals surface area contributed by atoms with Crippen molar-refractivity contribution in [2.24, 2.45) is 0 Å². The Kier molecular flexibility index (Phi) is 3.20. The van der Waals surface area contributed by atoms with Crippen LogP contribution in [0.1, 0.15) is 16.7 Å². The maximum atomic E-state index is 13.1. The van der Waals surface area contributed by atoms with Crippen LogP contribution in [-0.4, -0.2) is 0 Å². The second-order valence-corrected chi connectivity index (χ2v) is 3.04. The molecule has 2 nitrogen and oxygen atoms in total. The van der Waals surface area contributed by atoms with E-state index in [0.29, 0.717) is 11.1 Å². The van der Waals surface area contributed by atoms with Crippen LogP contribution in [-0.2, 0) is 12.8 Å². The summed E-state index contributed by atoms with van der Waals surface area (Å²) >= 11 is 0. The average Bonchev–Trinajstić information content (AvgIpc) is 2.14. The van der Waals surface area contributed by atoms with Gasteiger partial charge in [0.15, 0.2) is 0 Å². The Balaban J connectivity index is 3.19. The van der Waals surface area contributed by atoms with Crippen molar-refractivity contribution >= 4 is 0 Å². The van der Waals surface area contributed by atoms with Crippen molar-refractivity contribution in [2.75, 3.05) is 0 Å². The van der Waals surface area contributed by atoms with Gasteiger partial charge in [0.2, 0.25) is 0 Å². The SMILES string of the molecule is Cc1cc(CC#N)c(CC#N)cc1F. The van der Waals surface area contributed by atoms with E-state index in [1.165, 1.54) is 6.07 Å². The predicted octanol–water partition coefficient (Wildman–Crippen LogP) is 2.27. The highest BCUT2D eigenvalue weighted by Crippen LogP contribution is 2.16. The van der Waals surface area contributed by atoms with Crippen LogP contribution < -0.4 is 0 Å². The normalized spacial score (nSPS) is 9.14. The number of rotatable bonds is 2. The molecule has 0 saturated heterocycles. The van der Waals surface area contributed by atoms with Crippen molar-refractivity contribution < 1.29 is 4.39 Å². The van der Waals surface area contributed by atoms with Gasteiger partial charge in [-0.15, -0.1) is 0 Å². The maximum Gasteiger partial charge on any atom is 0.126 e. The van der Waals surface area contributed by atoms with E-state index in [4.69, 9.17) is 10.5 Å². The van der Waals surface area contributed by atoms with Crippen molar-refractivity contribution in [3.05, 3.63) is 34.6 Å². The van der Waals surface area contributed by atoms with Gasteiger partial charge in [0.05, 0.1) is 25.0 Å². The topological polar surface area (TPSA) is 47.6 Å². The fraction of sp³-hybridized carbons (Fsp3) is 0.273. The van der Waals surface area contributed by atoms with E-state index in [0.717, 1.165) is 5.56 Å². The molecule has 0 aliphatic carbocycles. The molecule has 1 rings (SSSR count). The van der Waals surface area contributed by atoms with Crippen LogP contribution in [0.5, 0.6) is 0 Å². The third kappa shape index (κ3) is 2.08. The minimum atomic E-state index is -0.322. The highest BCUT2D eigenvalue weighted by Gasteiger charge is 2.06. The van der Waals surface area contributed by atoms with E-state index in [1.807, 2.05) is 12.1 Å². The van der Waals surface area contributed by atoms with Crippen molar-refractivity contribution in [3.63, 3.8) is 0 Å². The van der Waals surface area contributed by atoms with Gasteiger partial charge in [-0.3, -0.25) is 0 Å². The summed E-state index contributed by atoms with van der Waals surface area (Å²) in [6, 6.07) is 6.92. The largest absolute Gasteiger partial charge is 0.207 e. The molecule has 3 heteroatoms. The van der Waals surface area contributed by atoms with Crippen LogP contribution in [0.3, 0.4) is 0 Å². The van der Waals surface area contributed by atoms with Crippen LogP contribution in [0, 0.1) is 35.4 Å². The van der Waals surface area contributed by atoms with E-state index < -0.39 is 0 Å². The number of benzene rings is 1. The summed E-state index contributed by atoms with van der Waals surface area (Å²) in [5.41, 5.74) is 1.86. The second kappa shape index (κ2) is 4.39. The highest BCUT2D eigenvalue weighted by molar-refractivity contribution is 5.35. The average molecular weight is 188 g/mol. The Morgan fingerprint density at radius 1 is 1.14 bits per heavy atom. The number of hydrogen-bond acceptors (Lipinski definition) is 2. The molecule has 0 spiro atoms. The first-order chi connectivity index (χ1) is 6.69. The molecule has 0 atom stereocenters. The van der Waals surface area contributed by atoms with Gasteiger partial charge in [-0.25, -0.2) is 4.39 Å². The fourth-order valence-electron chi connectivity index (χ4n) is 1.28. The molecule has 1 aromatic rings. The standard InChI is InChI=1S/C11H9FN2/c1-8-6-9(2-4-13)10(3-5-14)7-11(8)12/h6-7H,2-3H2,1H3. The summed E-state index contributed by atoms with van der Waals surface area (Å²) in [4.78, 5) is 0. The van der Waals surface area contributed by atoms with Crippen LogP contribution in [0.25, 0.3) is 0 Å². The van der Waals surface area contributed by atoms with Crippen molar-refractivity contribution in [2.45, 2.75) is 19.8 Å². The summed E-state index contributed by atoms with van der Waals surface area (Å²) in [6.07, 6.45) is 0.367. The summed E-state index contributed by atoms with van der Waals surface area (Å²) in [6.45, 7) is 1.65. The van der Waals surface area contributed by atoms with Crippen molar-refractivity contribution in [1.82, 2.24) is 0 Å². The van der Waals surface area contributed by atoms with E-state index in [-0.39, 0.29) is 18.7 Å². The molecule has 0 aliphatic heterocycles. The zero-order valence-electron chi connectivity index (χ0n) is 7.84. The molecule has 0 N–H and O–H groups in total. The third-order valence-corrected chi connectivity index (χ3v) is 2.02. The zero-order chi connectivity index (χ0) is 10.6. The molecule has 14 heavy (non-hydrogen) atoms. The Morgan fingerprint density at radius 3 is 2.14 bits per heavy atom. The van der Waals surface area contributed by atoms with Gasteiger partial charge in [-0.1, -0.05) is 6.07 Å². The molecule has 0 amide bonds. The molecule has 0 aromatic heterocycles. The number of hydrogen-bond donors (Lipinski definition) is 0. The van der Waals surface area contributed by atoms with Gasteiger partial charge >= 0.3 is 0 Å². The Hall–Kier alpha value is -1.87. The lowest BCUT2D eigenvalue weighted by Crippen LogP contribution is -1.96. The van der Waals surface area contributed by atoms with E-state index in [1.54, 1.807) is 13.0 Å². The number of halogens is 1. The quantitative estimate of drug-likeness (QED) is 0.714. The number of aryl methyl sites for hydroxylation is 1. The highest BCUT2D eigenvalue weighted by atomic mass is 19.1. The van der Waals surface area contributed by atoms with Gasteiger partial charge < -0.3 is 0 Å². The lowest BCUT2D eigenvalue weighted by Gasteiger charge is -2.05. The van der Waals surface area contributed by atoms with Gasteiger partial charge in [0.1, 0.15) is 5.82 Å². The van der Waals surface area contributed by atoms with Crippen LogP contribution >= 0.6 is 0 Å². The van der Waals surface area contributed by atoms with Crippen LogP contribution in [0.4, 0.5) is 4.39 Å². The van der Waals surface area contributed by atoms with E-state index >= 15 is 0 Å². The first kappa shape index (κ1) is 10.2. The Labute approximate surface area is 82.2 Å². The van der Waals surface area contributed by atoms with Gasteiger partial charge in [0, 0.05) is 0 Å². The van der Waals surface area contributed by atoms with Gasteiger partial charge in [0.25, 0.3) is 0 Å². The first-order valence-electron chi connectivity index (χ1n) is 4.21. The molecule has 0 saturated carbocycles. The summed E-state index contributed by atoms with van der Waals surface area (Å²) in [5.74, 6) is -0.322.